The number of para-hydroxylation sites is 1. The molecule has 1 unspecified atom stereocenters. The number of Topliss-reactive ketones (excluding diaryl/α,β-unsaturated/α-hetero) is 1. The van der Waals surface area contributed by atoms with Crippen molar-refractivity contribution in [2.75, 3.05) is 7.11 Å². The lowest BCUT2D eigenvalue weighted by atomic mass is 9.83. The maximum atomic E-state index is 12.2. The second-order valence-corrected chi connectivity index (χ2v) is 5.51. The molecule has 0 bridgehead atoms. The summed E-state index contributed by atoms with van der Waals surface area (Å²) in [5.74, 6) is -0.221. The van der Waals surface area contributed by atoms with E-state index in [0.29, 0.717) is 17.7 Å². The van der Waals surface area contributed by atoms with Crippen molar-refractivity contribution in [3.05, 3.63) is 29.8 Å². The number of methoxy groups -OCH3 is 1. The van der Waals surface area contributed by atoms with Crippen molar-refractivity contribution in [1.82, 2.24) is 0 Å². The Morgan fingerprint density at radius 1 is 1.39 bits per heavy atom. The first-order valence-corrected chi connectivity index (χ1v) is 5.94. The molecular weight excluding hydrogens is 226 g/mol. The Bertz CT molecular complexity index is 466. The van der Waals surface area contributed by atoms with Gasteiger partial charge in [0.1, 0.15) is 11.7 Å². The number of rotatable bonds is 4. The Morgan fingerprint density at radius 2 is 2.00 bits per heavy atom. The van der Waals surface area contributed by atoms with E-state index in [9.17, 15) is 10.1 Å². The summed E-state index contributed by atoms with van der Waals surface area (Å²) in [6.45, 7) is 5.96. The summed E-state index contributed by atoms with van der Waals surface area (Å²) < 4.78 is 5.21. The zero-order chi connectivity index (χ0) is 13.8. The largest absolute Gasteiger partial charge is 0.496 e. The van der Waals surface area contributed by atoms with Crippen LogP contribution in [0, 0.1) is 16.7 Å². The summed E-state index contributed by atoms with van der Waals surface area (Å²) in [6.07, 6.45) is 0.378. The highest BCUT2D eigenvalue weighted by Crippen LogP contribution is 2.30. The number of nitriles is 1. The summed E-state index contributed by atoms with van der Waals surface area (Å²) in [5, 5.41) is 9.24. The molecule has 0 N–H and O–H groups in total. The van der Waals surface area contributed by atoms with Crippen LogP contribution in [0.25, 0.3) is 0 Å². The highest BCUT2D eigenvalue weighted by molar-refractivity contribution is 5.89. The van der Waals surface area contributed by atoms with Gasteiger partial charge in [0.15, 0.2) is 5.78 Å². The number of carbonyl (C=O) groups excluding carboxylic acids is 1. The molecule has 18 heavy (non-hydrogen) atoms. The number of ether oxygens (including phenoxy) is 1. The van der Waals surface area contributed by atoms with Gasteiger partial charge in [-0.2, -0.15) is 5.26 Å². The highest BCUT2D eigenvalue weighted by Gasteiger charge is 2.27. The lowest BCUT2D eigenvalue weighted by molar-refractivity contribution is -0.121. The first kappa shape index (κ1) is 14.2. The van der Waals surface area contributed by atoms with Crippen LogP contribution in [-0.4, -0.2) is 12.9 Å². The molecule has 0 spiro atoms. The average molecular weight is 245 g/mol. The Kier molecular flexibility index (Phi) is 4.49. The quantitative estimate of drug-likeness (QED) is 0.817. The number of ketones is 1. The third-order valence-electron chi connectivity index (χ3n) is 2.61. The van der Waals surface area contributed by atoms with E-state index in [1.54, 1.807) is 19.2 Å². The second kappa shape index (κ2) is 5.68. The Morgan fingerprint density at radius 3 is 2.50 bits per heavy atom. The van der Waals surface area contributed by atoms with Crippen LogP contribution in [0.1, 0.15) is 38.7 Å². The molecular formula is C15H19NO2. The Balaban J connectivity index is 3.04. The van der Waals surface area contributed by atoms with E-state index in [0.717, 1.165) is 0 Å². The lowest BCUT2D eigenvalue weighted by Gasteiger charge is -2.19. The fourth-order valence-corrected chi connectivity index (χ4v) is 1.84. The average Bonchev–Trinajstić information content (AvgIpc) is 2.28. The zero-order valence-electron chi connectivity index (χ0n) is 11.4. The summed E-state index contributed by atoms with van der Waals surface area (Å²) in [4.78, 5) is 12.2. The smallest absolute Gasteiger partial charge is 0.155 e. The van der Waals surface area contributed by atoms with Crippen molar-refractivity contribution in [2.24, 2.45) is 5.41 Å². The van der Waals surface area contributed by atoms with Crippen LogP contribution in [0.3, 0.4) is 0 Å². The van der Waals surface area contributed by atoms with Crippen molar-refractivity contribution >= 4 is 5.78 Å². The standard InChI is InChI=1S/C15H19NO2/c1-15(2,3)9-13(17)12(10-16)11-7-5-6-8-14(11)18-4/h5-8,12H,9H2,1-4H3. The zero-order valence-corrected chi connectivity index (χ0v) is 11.4. The summed E-state index contributed by atoms with van der Waals surface area (Å²) >= 11 is 0. The molecule has 0 aliphatic heterocycles. The minimum absolute atomic E-state index is 0.0606. The molecule has 0 amide bonds. The molecule has 1 atom stereocenters. The predicted octanol–water partition coefficient (Wildman–Crippen LogP) is 3.31. The van der Waals surface area contributed by atoms with E-state index in [1.807, 2.05) is 32.9 Å². The van der Waals surface area contributed by atoms with Crippen LogP contribution in [0.2, 0.25) is 0 Å². The Hall–Kier alpha value is -1.82. The lowest BCUT2D eigenvalue weighted by Crippen LogP contribution is -2.19. The van der Waals surface area contributed by atoms with Gasteiger partial charge in [-0.05, 0) is 11.5 Å². The van der Waals surface area contributed by atoms with E-state index in [4.69, 9.17) is 4.74 Å². The van der Waals surface area contributed by atoms with Gasteiger partial charge < -0.3 is 4.74 Å². The molecule has 0 aromatic heterocycles. The van der Waals surface area contributed by atoms with Gasteiger partial charge in [-0.25, -0.2) is 0 Å². The number of benzene rings is 1. The molecule has 3 nitrogen and oxygen atoms in total. The first-order valence-electron chi connectivity index (χ1n) is 5.94. The number of hydrogen-bond donors (Lipinski definition) is 0. The van der Waals surface area contributed by atoms with E-state index in [-0.39, 0.29) is 11.2 Å². The highest BCUT2D eigenvalue weighted by atomic mass is 16.5. The van der Waals surface area contributed by atoms with Gasteiger partial charge in [-0.3, -0.25) is 4.79 Å². The molecule has 0 aliphatic rings. The molecule has 1 rings (SSSR count). The first-order chi connectivity index (χ1) is 8.39. The fraction of sp³-hybridized carbons (Fsp3) is 0.467. The van der Waals surface area contributed by atoms with Crippen molar-refractivity contribution in [3.63, 3.8) is 0 Å². The van der Waals surface area contributed by atoms with Crippen molar-refractivity contribution in [1.29, 1.82) is 5.26 Å². The summed E-state index contributed by atoms with van der Waals surface area (Å²) in [7, 11) is 1.54. The molecule has 96 valence electrons. The SMILES string of the molecule is COc1ccccc1C(C#N)C(=O)CC(C)(C)C. The van der Waals surface area contributed by atoms with Crippen LogP contribution in [0.4, 0.5) is 0 Å². The molecule has 0 saturated heterocycles. The van der Waals surface area contributed by atoms with E-state index in [1.165, 1.54) is 0 Å². The maximum Gasteiger partial charge on any atom is 0.155 e. The second-order valence-electron chi connectivity index (χ2n) is 5.51. The number of nitrogens with zero attached hydrogens (tertiary/aromatic N) is 1. The van der Waals surface area contributed by atoms with Crippen LogP contribution >= 0.6 is 0 Å². The van der Waals surface area contributed by atoms with E-state index < -0.39 is 5.92 Å². The van der Waals surface area contributed by atoms with Crippen LogP contribution < -0.4 is 4.74 Å². The topological polar surface area (TPSA) is 50.1 Å². The third kappa shape index (κ3) is 3.59. The minimum atomic E-state index is -0.750. The third-order valence-corrected chi connectivity index (χ3v) is 2.61. The normalized spacial score (nSPS) is 12.6. The molecule has 0 heterocycles. The van der Waals surface area contributed by atoms with Crippen molar-refractivity contribution < 1.29 is 9.53 Å². The molecule has 1 aromatic rings. The maximum absolute atomic E-state index is 12.2. The molecule has 3 heteroatoms. The van der Waals surface area contributed by atoms with E-state index in [2.05, 4.69) is 6.07 Å². The van der Waals surface area contributed by atoms with Crippen LogP contribution in [0.5, 0.6) is 5.75 Å². The summed E-state index contributed by atoms with van der Waals surface area (Å²) in [6, 6.07) is 9.26. The number of carbonyl (C=O) groups is 1. The molecule has 0 saturated carbocycles. The van der Waals surface area contributed by atoms with Gasteiger partial charge >= 0.3 is 0 Å². The van der Waals surface area contributed by atoms with Gasteiger partial charge in [0.05, 0.1) is 13.2 Å². The molecule has 0 radical (unpaired) electrons. The predicted molar refractivity (Wildman–Crippen MR) is 70.4 cm³/mol. The van der Waals surface area contributed by atoms with Crippen LogP contribution in [-0.2, 0) is 4.79 Å². The van der Waals surface area contributed by atoms with Crippen LogP contribution in [0.15, 0.2) is 24.3 Å². The Labute approximate surface area is 108 Å². The van der Waals surface area contributed by atoms with Gasteiger partial charge in [0.2, 0.25) is 0 Å². The molecule has 0 aliphatic carbocycles. The van der Waals surface area contributed by atoms with E-state index >= 15 is 0 Å². The van der Waals surface area contributed by atoms with Crippen molar-refractivity contribution in [2.45, 2.75) is 33.1 Å². The van der Waals surface area contributed by atoms with Gasteiger partial charge in [0.25, 0.3) is 0 Å². The fourth-order valence-electron chi connectivity index (χ4n) is 1.84. The summed E-state index contributed by atoms with van der Waals surface area (Å²) in [5.41, 5.74) is 0.533. The van der Waals surface area contributed by atoms with Gasteiger partial charge in [-0.1, -0.05) is 39.0 Å². The van der Waals surface area contributed by atoms with Gasteiger partial charge in [0, 0.05) is 12.0 Å². The van der Waals surface area contributed by atoms with Crippen molar-refractivity contribution in [3.8, 4) is 11.8 Å². The van der Waals surface area contributed by atoms with Gasteiger partial charge in [-0.15, -0.1) is 0 Å². The monoisotopic (exact) mass is 245 g/mol. The molecule has 1 aromatic carbocycles. The molecule has 0 fully saturated rings. The minimum Gasteiger partial charge on any atom is -0.496 e. The number of hydrogen-bond acceptors (Lipinski definition) is 3.